The van der Waals surface area contributed by atoms with E-state index in [1.807, 2.05) is 36.4 Å². The van der Waals surface area contributed by atoms with Crippen LogP contribution in [-0.2, 0) is 10.9 Å². The van der Waals surface area contributed by atoms with Crippen LogP contribution in [0.2, 0.25) is 0 Å². The largest absolute Gasteiger partial charge is 0.398 e. The molecule has 0 aliphatic rings. The topological polar surface area (TPSA) is 72.2 Å². The molecule has 0 fully saturated rings. The van der Waals surface area contributed by atoms with Crippen LogP contribution in [0.1, 0.15) is 0 Å². The van der Waals surface area contributed by atoms with Crippen LogP contribution in [-0.4, -0.2) is 8.42 Å². The summed E-state index contributed by atoms with van der Waals surface area (Å²) in [5.74, 6) is 0. The second-order valence-corrected chi connectivity index (χ2v) is 5.04. The van der Waals surface area contributed by atoms with E-state index in [2.05, 4.69) is 16.9 Å². The lowest BCUT2D eigenvalue weighted by Crippen LogP contribution is -1.93. The van der Waals surface area contributed by atoms with E-state index in [4.69, 9.17) is 5.73 Å². The molecule has 4 nitrogen and oxygen atoms in total. The first-order chi connectivity index (χ1) is 10.2. The molecule has 3 aromatic carbocycles. The summed E-state index contributed by atoms with van der Waals surface area (Å²) in [5.41, 5.74) is 7.20. The minimum absolute atomic E-state index is 0.596. The van der Waals surface area contributed by atoms with Gasteiger partial charge in [-0.25, -0.2) is 8.42 Å². The van der Waals surface area contributed by atoms with Crippen LogP contribution in [0.3, 0.4) is 0 Å². The van der Waals surface area contributed by atoms with Gasteiger partial charge in [0.2, 0.25) is 10.9 Å². The maximum atomic E-state index is 10.1. The molecule has 0 saturated heterocycles. The molecule has 21 heavy (non-hydrogen) atoms. The normalized spacial score (nSPS) is 9.95. The average Bonchev–Trinajstić information content (AvgIpc) is 2.49. The zero-order valence-electron chi connectivity index (χ0n) is 11.3. The van der Waals surface area contributed by atoms with Crippen LogP contribution in [0, 0.1) is 0 Å². The van der Waals surface area contributed by atoms with Crippen LogP contribution in [0.5, 0.6) is 0 Å². The van der Waals surface area contributed by atoms with Crippen molar-refractivity contribution in [1.29, 1.82) is 0 Å². The fraction of sp³-hybridized carbons (Fsp3) is 0. The van der Waals surface area contributed by atoms with E-state index in [0.717, 1.165) is 11.1 Å². The van der Waals surface area contributed by atoms with Crippen LogP contribution in [0.25, 0.3) is 10.8 Å². The summed E-state index contributed by atoms with van der Waals surface area (Å²) in [6.07, 6.45) is 0. The molecule has 108 valence electrons. The van der Waals surface area contributed by atoms with E-state index in [-0.39, 0.29) is 0 Å². The minimum Gasteiger partial charge on any atom is -0.398 e. The molecule has 3 N–H and O–H groups in total. The van der Waals surface area contributed by atoms with Crippen molar-refractivity contribution in [3.63, 3.8) is 0 Å². The summed E-state index contributed by atoms with van der Waals surface area (Å²) in [5, 5.41) is 2.34. The van der Waals surface area contributed by atoms with Crippen molar-refractivity contribution in [2.24, 2.45) is 0 Å². The number of nitrogen functional groups attached to an aromatic ring is 1. The summed E-state index contributed by atoms with van der Waals surface area (Å²) in [7, 11) is -2.53. The Labute approximate surface area is 125 Å². The van der Waals surface area contributed by atoms with Crippen molar-refractivity contribution in [1.82, 2.24) is 0 Å². The number of nitrogens with one attached hydrogen (secondary N) is 1. The van der Waals surface area contributed by atoms with E-state index in [9.17, 15) is 8.42 Å². The smallest absolute Gasteiger partial charge is 0.222 e. The lowest BCUT2D eigenvalue weighted by molar-refractivity contribution is 0.619. The van der Waals surface area contributed by atoms with Crippen molar-refractivity contribution in [2.45, 2.75) is 0 Å². The Morgan fingerprint density at radius 2 is 1.38 bits per heavy atom. The standard InChI is InChI=1S/C10H9N.C6H7NO2S/c11-10-7-3-5-8-4-1-2-6-9(8)10;8-10(9)7-6-4-2-1-3-5-6/h1-7H,11H2;1-5,10H,(H,7,8,9). The van der Waals surface area contributed by atoms with Gasteiger partial charge >= 0.3 is 0 Å². The molecule has 0 heterocycles. The molecule has 0 unspecified atom stereocenters. The first-order valence-corrected chi connectivity index (χ1v) is 7.54. The Balaban J connectivity index is 0.000000155. The number of nitrogens with two attached hydrogens (primary N) is 1. The van der Waals surface area contributed by atoms with Gasteiger partial charge in [-0.2, -0.15) is 0 Å². The molecule has 0 bridgehead atoms. The van der Waals surface area contributed by atoms with Crippen molar-refractivity contribution < 1.29 is 8.42 Å². The summed E-state index contributed by atoms with van der Waals surface area (Å²) in [6, 6.07) is 22.8. The summed E-state index contributed by atoms with van der Waals surface area (Å²) < 4.78 is 22.4. The fourth-order valence-electron chi connectivity index (χ4n) is 1.87. The SMILES string of the molecule is Nc1cccc2ccccc12.O=[SH](=O)Nc1ccccc1. The Morgan fingerprint density at radius 3 is 2.05 bits per heavy atom. The van der Waals surface area contributed by atoms with E-state index in [1.54, 1.807) is 24.3 Å². The molecule has 0 aromatic heterocycles. The molecule has 0 amide bonds. The predicted molar refractivity (Wildman–Crippen MR) is 88.7 cm³/mol. The number of benzene rings is 3. The third kappa shape index (κ3) is 4.50. The quantitative estimate of drug-likeness (QED) is 0.503. The van der Waals surface area contributed by atoms with Crippen molar-refractivity contribution in [2.75, 3.05) is 10.5 Å². The Bertz CT molecular complexity index is 773. The Hall–Kier alpha value is -2.53. The van der Waals surface area contributed by atoms with Crippen LogP contribution in [0.15, 0.2) is 72.8 Å². The number of hydrogen-bond donors (Lipinski definition) is 3. The molecule has 0 radical (unpaired) electrons. The van der Waals surface area contributed by atoms with Gasteiger partial charge in [-0.05, 0) is 23.6 Å². The Morgan fingerprint density at radius 1 is 0.762 bits per heavy atom. The van der Waals surface area contributed by atoms with Gasteiger partial charge in [-0.15, -0.1) is 0 Å². The van der Waals surface area contributed by atoms with E-state index in [0.29, 0.717) is 5.69 Å². The molecule has 5 heteroatoms. The number of thiol groups is 1. The lowest BCUT2D eigenvalue weighted by Gasteiger charge is -1.98. The van der Waals surface area contributed by atoms with Gasteiger partial charge in [-0.3, -0.25) is 4.72 Å². The van der Waals surface area contributed by atoms with Gasteiger partial charge < -0.3 is 5.73 Å². The zero-order valence-corrected chi connectivity index (χ0v) is 12.2. The highest BCUT2D eigenvalue weighted by atomic mass is 32.2. The molecular formula is C16H16N2O2S. The Kier molecular flexibility index (Phi) is 5.17. The lowest BCUT2D eigenvalue weighted by atomic mass is 10.1. The first kappa shape index (κ1) is 14.9. The van der Waals surface area contributed by atoms with E-state index < -0.39 is 10.9 Å². The summed E-state index contributed by atoms with van der Waals surface area (Å²) in [4.78, 5) is 0. The molecule has 0 aliphatic heterocycles. The molecule has 3 aromatic rings. The number of anilines is 2. The first-order valence-electron chi connectivity index (χ1n) is 6.36. The van der Waals surface area contributed by atoms with Gasteiger partial charge in [0.1, 0.15) is 0 Å². The molecule has 0 aliphatic carbocycles. The van der Waals surface area contributed by atoms with Gasteiger partial charge in [0.05, 0.1) is 0 Å². The van der Waals surface area contributed by atoms with Crippen molar-refractivity contribution in [3.05, 3.63) is 72.8 Å². The molecule has 3 rings (SSSR count). The minimum atomic E-state index is -2.53. The second-order valence-electron chi connectivity index (χ2n) is 4.30. The van der Waals surface area contributed by atoms with Gasteiger partial charge in [-0.1, -0.05) is 54.6 Å². The molecule has 0 spiro atoms. The number of fused-ring (bicyclic) bond motifs is 1. The third-order valence-electron chi connectivity index (χ3n) is 2.82. The van der Waals surface area contributed by atoms with Gasteiger partial charge in [0, 0.05) is 16.8 Å². The highest BCUT2D eigenvalue weighted by Crippen LogP contribution is 2.19. The average molecular weight is 300 g/mol. The van der Waals surface area contributed by atoms with E-state index >= 15 is 0 Å². The molecular weight excluding hydrogens is 284 g/mol. The highest BCUT2D eigenvalue weighted by Gasteiger charge is 1.92. The van der Waals surface area contributed by atoms with Gasteiger partial charge in [0.25, 0.3) is 0 Å². The maximum absolute atomic E-state index is 10.1. The van der Waals surface area contributed by atoms with E-state index in [1.165, 1.54) is 5.39 Å². The maximum Gasteiger partial charge on any atom is 0.222 e. The van der Waals surface area contributed by atoms with Crippen LogP contribution in [0.4, 0.5) is 11.4 Å². The molecule has 0 atom stereocenters. The number of rotatable bonds is 2. The molecule has 0 saturated carbocycles. The predicted octanol–water partition coefficient (Wildman–Crippen LogP) is 3.05. The highest BCUT2D eigenvalue weighted by molar-refractivity contribution is 7.73. The monoisotopic (exact) mass is 300 g/mol. The summed E-state index contributed by atoms with van der Waals surface area (Å²) >= 11 is 0. The van der Waals surface area contributed by atoms with Crippen molar-refractivity contribution >= 4 is 33.0 Å². The van der Waals surface area contributed by atoms with Crippen LogP contribution < -0.4 is 10.5 Å². The second kappa shape index (κ2) is 7.31. The number of hydrogen-bond acceptors (Lipinski definition) is 3. The van der Waals surface area contributed by atoms with Crippen LogP contribution >= 0.6 is 0 Å². The summed E-state index contributed by atoms with van der Waals surface area (Å²) in [6.45, 7) is 0. The fourth-order valence-corrected chi connectivity index (χ4v) is 2.23. The van der Waals surface area contributed by atoms with Gasteiger partial charge in [0.15, 0.2) is 0 Å². The number of para-hydroxylation sites is 1. The van der Waals surface area contributed by atoms with Crippen molar-refractivity contribution in [3.8, 4) is 0 Å². The third-order valence-corrected chi connectivity index (χ3v) is 3.26. The zero-order chi connectivity index (χ0) is 15.1.